The maximum atomic E-state index is 9.08. The molecule has 0 bridgehead atoms. The molecule has 1 aliphatic heterocycles. The summed E-state index contributed by atoms with van der Waals surface area (Å²) in [5.74, 6) is 0. The zero-order valence-electron chi connectivity index (χ0n) is 14.3. The molecule has 5 rings (SSSR count). The largest absolute Gasteiger partial charge is 0.346 e. The zero-order valence-corrected chi connectivity index (χ0v) is 14.3. The molecule has 1 N–H and O–H groups in total. The number of fused-ring (bicyclic) bond motifs is 3. The van der Waals surface area contributed by atoms with E-state index >= 15 is 0 Å². The molecule has 26 heavy (non-hydrogen) atoms. The van der Waals surface area contributed by atoms with Gasteiger partial charge in [-0.05, 0) is 30.2 Å². The lowest BCUT2D eigenvalue weighted by Gasteiger charge is -2.17. The Morgan fingerprint density at radius 1 is 1.27 bits per heavy atom. The van der Waals surface area contributed by atoms with Gasteiger partial charge in [-0.15, -0.1) is 0 Å². The highest BCUT2D eigenvalue weighted by atomic mass is 15.2. The Hall–Kier alpha value is -3.17. The first-order chi connectivity index (χ1) is 12.8. The summed E-state index contributed by atoms with van der Waals surface area (Å²) in [5.41, 5.74) is 4.92. The van der Waals surface area contributed by atoms with E-state index in [1.807, 2.05) is 36.9 Å². The second-order valence-corrected chi connectivity index (χ2v) is 6.87. The lowest BCUT2D eigenvalue weighted by molar-refractivity contribution is 0.317. The van der Waals surface area contributed by atoms with Gasteiger partial charge < -0.3 is 9.55 Å². The molecule has 1 fully saturated rings. The number of H-pyrrole nitrogens is 1. The van der Waals surface area contributed by atoms with Gasteiger partial charge in [0.25, 0.3) is 0 Å². The lowest BCUT2D eigenvalue weighted by atomic mass is 10.1. The molecular formula is C20H18N6. The summed E-state index contributed by atoms with van der Waals surface area (Å²) in [7, 11) is 0. The second-order valence-electron chi connectivity index (χ2n) is 6.87. The lowest BCUT2D eigenvalue weighted by Crippen LogP contribution is -2.21. The number of aromatic amines is 1. The molecule has 3 aromatic heterocycles. The Morgan fingerprint density at radius 2 is 2.23 bits per heavy atom. The monoisotopic (exact) mass is 342 g/mol. The van der Waals surface area contributed by atoms with Gasteiger partial charge in [0.05, 0.1) is 29.7 Å². The third kappa shape index (κ3) is 2.45. The van der Waals surface area contributed by atoms with E-state index in [4.69, 9.17) is 5.26 Å². The molecule has 128 valence electrons. The Kier molecular flexibility index (Phi) is 3.47. The number of hydrogen-bond acceptors (Lipinski definition) is 4. The molecule has 6 heteroatoms. The van der Waals surface area contributed by atoms with E-state index in [0.29, 0.717) is 6.04 Å². The van der Waals surface area contributed by atoms with Gasteiger partial charge in [-0.2, -0.15) is 5.26 Å². The van der Waals surface area contributed by atoms with Crippen molar-refractivity contribution >= 4 is 22.1 Å². The van der Waals surface area contributed by atoms with Crippen LogP contribution >= 0.6 is 0 Å². The number of nitrogens with one attached hydrogen (secondary N) is 1. The predicted molar refractivity (Wildman–Crippen MR) is 99.5 cm³/mol. The zero-order chi connectivity index (χ0) is 17.5. The summed E-state index contributed by atoms with van der Waals surface area (Å²) in [6, 6.07) is 12.6. The van der Waals surface area contributed by atoms with E-state index in [-0.39, 0.29) is 0 Å². The highest BCUT2D eigenvalue weighted by molar-refractivity contribution is 6.00. The maximum absolute atomic E-state index is 9.08. The molecule has 0 radical (unpaired) electrons. The van der Waals surface area contributed by atoms with Crippen molar-refractivity contribution in [2.75, 3.05) is 13.1 Å². The fourth-order valence-corrected chi connectivity index (χ4v) is 3.99. The van der Waals surface area contributed by atoms with Crippen LogP contribution in [0.5, 0.6) is 0 Å². The Labute approximate surface area is 150 Å². The molecule has 0 saturated carbocycles. The number of hydrogen-bond donors (Lipinski definition) is 1. The van der Waals surface area contributed by atoms with Crippen LogP contribution in [0.1, 0.15) is 23.6 Å². The highest BCUT2D eigenvalue weighted by Gasteiger charge is 2.25. The van der Waals surface area contributed by atoms with Crippen LogP contribution in [0, 0.1) is 11.3 Å². The number of benzene rings is 1. The summed E-state index contributed by atoms with van der Waals surface area (Å²) in [6.45, 7) is 2.90. The number of likely N-dealkylation sites (tertiary alicyclic amines) is 1. The van der Waals surface area contributed by atoms with E-state index in [0.717, 1.165) is 53.7 Å². The standard InChI is InChI=1S/C20H18N6/c21-9-14-2-1-3-15(8-14)11-25-7-5-16(12-25)26-13-24-18-10-23-20-17(19(18)26)4-6-22-20/h1-4,6,8,10,13,16H,5,7,11-12H2,(H,22,23)/t16-/m1/s1. The fraction of sp³-hybridized carbons (Fsp3) is 0.250. The third-order valence-corrected chi connectivity index (χ3v) is 5.22. The van der Waals surface area contributed by atoms with E-state index in [2.05, 4.69) is 42.6 Å². The number of aromatic nitrogens is 4. The number of imidazole rings is 1. The number of pyridine rings is 1. The minimum atomic E-state index is 0.402. The molecular weight excluding hydrogens is 324 g/mol. The Balaban J connectivity index is 1.42. The van der Waals surface area contributed by atoms with Crippen molar-refractivity contribution in [2.45, 2.75) is 19.0 Å². The van der Waals surface area contributed by atoms with Crippen molar-refractivity contribution in [1.29, 1.82) is 5.26 Å². The Morgan fingerprint density at radius 3 is 3.15 bits per heavy atom. The summed E-state index contributed by atoms with van der Waals surface area (Å²) in [5, 5.41) is 10.2. The van der Waals surface area contributed by atoms with Crippen molar-refractivity contribution in [3.63, 3.8) is 0 Å². The van der Waals surface area contributed by atoms with Crippen molar-refractivity contribution < 1.29 is 0 Å². The molecule has 1 atom stereocenters. The van der Waals surface area contributed by atoms with Crippen LogP contribution in [0.2, 0.25) is 0 Å². The van der Waals surface area contributed by atoms with Gasteiger partial charge in [0.1, 0.15) is 11.2 Å². The molecule has 1 aromatic carbocycles. The molecule has 1 aliphatic rings. The van der Waals surface area contributed by atoms with Crippen molar-refractivity contribution in [2.24, 2.45) is 0 Å². The van der Waals surface area contributed by atoms with E-state index < -0.39 is 0 Å². The molecule has 0 aliphatic carbocycles. The van der Waals surface area contributed by atoms with Gasteiger partial charge in [-0.3, -0.25) is 4.90 Å². The van der Waals surface area contributed by atoms with Crippen LogP contribution in [0.4, 0.5) is 0 Å². The highest BCUT2D eigenvalue weighted by Crippen LogP contribution is 2.30. The summed E-state index contributed by atoms with van der Waals surface area (Å²) in [4.78, 5) is 14.6. The van der Waals surface area contributed by atoms with Gasteiger partial charge in [0, 0.05) is 37.3 Å². The first-order valence-electron chi connectivity index (χ1n) is 8.82. The molecule has 6 nitrogen and oxygen atoms in total. The van der Waals surface area contributed by atoms with Gasteiger partial charge in [-0.25, -0.2) is 9.97 Å². The van der Waals surface area contributed by atoms with Crippen molar-refractivity contribution in [3.8, 4) is 6.07 Å². The molecule has 0 spiro atoms. The van der Waals surface area contributed by atoms with Crippen LogP contribution in [0.15, 0.2) is 49.1 Å². The summed E-state index contributed by atoms with van der Waals surface area (Å²) in [6.07, 6.45) is 6.81. The number of nitriles is 1. The average molecular weight is 342 g/mol. The van der Waals surface area contributed by atoms with Crippen LogP contribution in [-0.4, -0.2) is 37.5 Å². The normalized spacial score (nSPS) is 17.9. The van der Waals surface area contributed by atoms with Crippen LogP contribution in [0.3, 0.4) is 0 Å². The summed E-state index contributed by atoms with van der Waals surface area (Å²) >= 11 is 0. The molecule has 0 amide bonds. The maximum Gasteiger partial charge on any atom is 0.139 e. The number of nitrogens with zero attached hydrogens (tertiary/aromatic N) is 5. The fourth-order valence-electron chi connectivity index (χ4n) is 3.99. The topological polar surface area (TPSA) is 73.5 Å². The first kappa shape index (κ1) is 15.1. The van der Waals surface area contributed by atoms with Crippen LogP contribution in [-0.2, 0) is 6.54 Å². The van der Waals surface area contributed by atoms with Gasteiger partial charge >= 0.3 is 0 Å². The van der Waals surface area contributed by atoms with Gasteiger partial charge in [-0.1, -0.05) is 12.1 Å². The number of rotatable bonds is 3. The van der Waals surface area contributed by atoms with Crippen molar-refractivity contribution in [3.05, 3.63) is 60.2 Å². The van der Waals surface area contributed by atoms with Crippen LogP contribution in [0.25, 0.3) is 22.1 Å². The summed E-state index contributed by atoms with van der Waals surface area (Å²) < 4.78 is 2.30. The molecule has 1 saturated heterocycles. The SMILES string of the molecule is N#Cc1cccc(CN2CC[C@@H](n3cnc4cnc5[nH]ccc5c43)C2)c1. The predicted octanol–water partition coefficient (Wildman–Crippen LogP) is 3.23. The van der Waals surface area contributed by atoms with E-state index in [1.54, 1.807) is 0 Å². The van der Waals surface area contributed by atoms with Crippen molar-refractivity contribution in [1.82, 2.24) is 24.4 Å². The molecule has 0 unspecified atom stereocenters. The van der Waals surface area contributed by atoms with E-state index in [1.165, 1.54) is 5.56 Å². The van der Waals surface area contributed by atoms with E-state index in [9.17, 15) is 0 Å². The third-order valence-electron chi connectivity index (χ3n) is 5.22. The second kappa shape index (κ2) is 5.97. The Bertz CT molecular complexity index is 1130. The minimum absolute atomic E-state index is 0.402. The smallest absolute Gasteiger partial charge is 0.139 e. The minimum Gasteiger partial charge on any atom is -0.346 e. The van der Waals surface area contributed by atoms with Crippen LogP contribution < -0.4 is 0 Å². The van der Waals surface area contributed by atoms with Gasteiger partial charge in [0.2, 0.25) is 0 Å². The quantitative estimate of drug-likeness (QED) is 0.620. The first-order valence-corrected chi connectivity index (χ1v) is 8.82. The molecule has 4 aromatic rings. The average Bonchev–Trinajstić information content (AvgIpc) is 3.39. The van der Waals surface area contributed by atoms with Gasteiger partial charge in [0.15, 0.2) is 0 Å². The molecule has 4 heterocycles.